The Bertz CT molecular complexity index is 945. The number of anilines is 2. The van der Waals surface area contributed by atoms with Crippen LogP contribution < -0.4 is 10.2 Å². The van der Waals surface area contributed by atoms with Gasteiger partial charge in [-0.15, -0.1) is 0 Å². The maximum atomic E-state index is 12.5. The van der Waals surface area contributed by atoms with Gasteiger partial charge in [-0.25, -0.2) is 0 Å². The third-order valence-corrected chi connectivity index (χ3v) is 6.35. The highest BCUT2D eigenvalue weighted by Crippen LogP contribution is 2.25. The maximum Gasteiger partial charge on any atom is 0.224 e. The zero-order chi connectivity index (χ0) is 21.1. The van der Waals surface area contributed by atoms with Crippen LogP contribution in [0.1, 0.15) is 46.3 Å². The van der Waals surface area contributed by atoms with Crippen molar-refractivity contribution in [2.24, 2.45) is 0 Å². The molecule has 1 aliphatic heterocycles. The van der Waals surface area contributed by atoms with Crippen molar-refractivity contribution in [1.82, 2.24) is 4.90 Å². The van der Waals surface area contributed by atoms with E-state index in [0.29, 0.717) is 0 Å². The molecule has 5 heteroatoms. The highest BCUT2D eigenvalue weighted by atomic mass is 16.2. The zero-order valence-corrected chi connectivity index (χ0v) is 18.0. The first kappa shape index (κ1) is 20.6. The molecule has 30 heavy (non-hydrogen) atoms. The number of carbonyl (C=O) groups is 2. The molecule has 0 bridgehead atoms. The minimum absolute atomic E-state index is 0.0435. The van der Waals surface area contributed by atoms with Crippen molar-refractivity contribution in [3.05, 3.63) is 58.7 Å². The summed E-state index contributed by atoms with van der Waals surface area (Å²) < 4.78 is 0. The standard InChI is InChI=1S/C25H31N3O2/c1-18-16-22(28-14-12-27(2)13-15-28)8-9-23(18)26-25(30)11-10-24(29)21-7-6-19-4-3-5-20(19)17-21/h6-9,16-17H,3-5,10-15H2,1-2H3,(H,26,30). The number of fused-ring (bicyclic) bond motifs is 1. The summed E-state index contributed by atoms with van der Waals surface area (Å²) in [4.78, 5) is 29.7. The third kappa shape index (κ3) is 4.73. The molecule has 2 aromatic rings. The number of nitrogens with one attached hydrogen (secondary N) is 1. The van der Waals surface area contributed by atoms with Gasteiger partial charge in [0, 0.05) is 56.0 Å². The van der Waals surface area contributed by atoms with E-state index < -0.39 is 0 Å². The summed E-state index contributed by atoms with van der Waals surface area (Å²) in [6.07, 6.45) is 3.78. The van der Waals surface area contributed by atoms with E-state index in [0.717, 1.165) is 55.8 Å². The Labute approximate surface area is 179 Å². The Kier molecular flexibility index (Phi) is 6.18. The van der Waals surface area contributed by atoms with Gasteiger partial charge >= 0.3 is 0 Å². The van der Waals surface area contributed by atoms with Gasteiger partial charge in [-0.1, -0.05) is 12.1 Å². The number of rotatable bonds is 6. The fourth-order valence-corrected chi connectivity index (χ4v) is 4.38. The third-order valence-electron chi connectivity index (χ3n) is 6.35. The number of hydrogen-bond donors (Lipinski definition) is 1. The molecule has 158 valence electrons. The van der Waals surface area contributed by atoms with Gasteiger partial charge in [0.2, 0.25) is 5.91 Å². The fraction of sp³-hybridized carbons (Fsp3) is 0.440. The van der Waals surface area contributed by atoms with Gasteiger partial charge in [0.15, 0.2) is 5.78 Å². The second-order valence-corrected chi connectivity index (χ2v) is 8.60. The van der Waals surface area contributed by atoms with Crippen LogP contribution in [0.4, 0.5) is 11.4 Å². The van der Waals surface area contributed by atoms with Crippen LogP contribution in [0.25, 0.3) is 0 Å². The molecule has 0 unspecified atom stereocenters. The van der Waals surface area contributed by atoms with Crippen molar-refractivity contribution < 1.29 is 9.59 Å². The summed E-state index contributed by atoms with van der Waals surface area (Å²) in [6, 6.07) is 12.2. The van der Waals surface area contributed by atoms with E-state index in [4.69, 9.17) is 0 Å². The van der Waals surface area contributed by atoms with Gasteiger partial charge < -0.3 is 15.1 Å². The number of carbonyl (C=O) groups excluding carboxylic acids is 2. The smallest absolute Gasteiger partial charge is 0.224 e. The maximum absolute atomic E-state index is 12.5. The predicted molar refractivity (Wildman–Crippen MR) is 122 cm³/mol. The Morgan fingerprint density at radius 1 is 0.933 bits per heavy atom. The number of nitrogens with zero attached hydrogens (tertiary/aromatic N) is 2. The fourth-order valence-electron chi connectivity index (χ4n) is 4.38. The second-order valence-electron chi connectivity index (χ2n) is 8.60. The van der Waals surface area contributed by atoms with E-state index in [1.54, 1.807) is 0 Å². The summed E-state index contributed by atoms with van der Waals surface area (Å²) >= 11 is 0. The van der Waals surface area contributed by atoms with Crippen molar-refractivity contribution in [2.75, 3.05) is 43.4 Å². The number of aryl methyl sites for hydroxylation is 3. The van der Waals surface area contributed by atoms with Crippen molar-refractivity contribution in [2.45, 2.75) is 39.0 Å². The first-order chi connectivity index (χ1) is 14.5. The molecule has 0 spiro atoms. The van der Waals surface area contributed by atoms with E-state index in [2.05, 4.69) is 40.4 Å². The van der Waals surface area contributed by atoms with Gasteiger partial charge in [0.1, 0.15) is 0 Å². The Morgan fingerprint density at radius 3 is 2.47 bits per heavy atom. The first-order valence-electron chi connectivity index (χ1n) is 11.0. The highest BCUT2D eigenvalue weighted by Gasteiger charge is 2.17. The molecule has 0 radical (unpaired) electrons. The number of benzene rings is 2. The van der Waals surface area contributed by atoms with Gasteiger partial charge in [0.05, 0.1) is 0 Å². The van der Waals surface area contributed by atoms with Crippen LogP contribution in [0.5, 0.6) is 0 Å². The Balaban J connectivity index is 1.31. The molecule has 1 aliphatic carbocycles. The zero-order valence-electron chi connectivity index (χ0n) is 18.0. The lowest BCUT2D eigenvalue weighted by molar-refractivity contribution is -0.116. The Hall–Kier alpha value is -2.66. The van der Waals surface area contributed by atoms with Crippen molar-refractivity contribution in [3.8, 4) is 0 Å². The minimum Gasteiger partial charge on any atom is -0.369 e. The second kappa shape index (κ2) is 9.00. The summed E-state index contributed by atoms with van der Waals surface area (Å²) in [7, 11) is 2.15. The highest BCUT2D eigenvalue weighted by molar-refractivity contribution is 6.00. The van der Waals surface area contributed by atoms with E-state index in [9.17, 15) is 9.59 Å². The SMILES string of the molecule is Cc1cc(N2CCN(C)CC2)ccc1NC(=O)CCC(=O)c1ccc2c(c1)CCC2. The van der Waals surface area contributed by atoms with Gasteiger partial charge in [-0.2, -0.15) is 0 Å². The molecule has 4 rings (SSSR count). The topological polar surface area (TPSA) is 52.6 Å². The lowest BCUT2D eigenvalue weighted by atomic mass is 10.0. The molecule has 0 atom stereocenters. The van der Waals surface area contributed by atoms with Crippen LogP contribution in [0, 0.1) is 6.92 Å². The molecule has 1 heterocycles. The molecule has 1 fully saturated rings. The van der Waals surface area contributed by atoms with Crippen LogP contribution in [0.15, 0.2) is 36.4 Å². The number of likely N-dealkylation sites (N-methyl/N-ethyl adjacent to an activating group) is 1. The molecular weight excluding hydrogens is 374 g/mol. The van der Waals surface area contributed by atoms with Crippen LogP contribution in [-0.2, 0) is 17.6 Å². The monoisotopic (exact) mass is 405 g/mol. The van der Waals surface area contributed by atoms with Crippen molar-refractivity contribution >= 4 is 23.1 Å². The molecule has 5 nitrogen and oxygen atoms in total. The van der Waals surface area contributed by atoms with E-state index in [1.807, 2.05) is 25.1 Å². The van der Waals surface area contributed by atoms with Gasteiger partial charge in [-0.3, -0.25) is 9.59 Å². The first-order valence-corrected chi connectivity index (χ1v) is 11.0. The minimum atomic E-state index is -0.111. The van der Waals surface area contributed by atoms with Gasteiger partial charge in [-0.05, 0) is 74.2 Å². The van der Waals surface area contributed by atoms with E-state index in [1.165, 1.54) is 23.2 Å². The number of ketones is 1. The molecule has 2 aliphatic rings. The number of piperazine rings is 1. The largest absolute Gasteiger partial charge is 0.369 e. The van der Waals surface area contributed by atoms with E-state index >= 15 is 0 Å². The molecule has 1 saturated heterocycles. The Morgan fingerprint density at radius 2 is 1.70 bits per heavy atom. The van der Waals surface area contributed by atoms with Crippen molar-refractivity contribution in [1.29, 1.82) is 0 Å². The molecule has 0 aromatic heterocycles. The molecule has 2 aromatic carbocycles. The summed E-state index contributed by atoms with van der Waals surface area (Å²) in [5.74, 6) is -0.0676. The quantitative estimate of drug-likeness (QED) is 0.742. The normalized spacial score (nSPS) is 16.4. The molecule has 1 amide bonds. The lowest BCUT2D eigenvalue weighted by Crippen LogP contribution is -2.44. The number of hydrogen-bond acceptors (Lipinski definition) is 4. The number of amides is 1. The van der Waals surface area contributed by atoms with Crippen LogP contribution >= 0.6 is 0 Å². The van der Waals surface area contributed by atoms with Crippen LogP contribution in [0.3, 0.4) is 0 Å². The molecule has 0 saturated carbocycles. The van der Waals surface area contributed by atoms with Crippen LogP contribution in [0.2, 0.25) is 0 Å². The summed E-state index contributed by atoms with van der Waals surface area (Å²) in [5, 5.41) is 2.98. The van der Waals surface area contributed by atoms with Crippen molar-refractivity contribution in [3.63, 3.8) is 0 Å². The lowest BCUT2D eigenvalue weighted by Gasteiger charge is -2.34. The van der Waals surface area contributed by atoms with Gasteiger partial charge in [0.25, 0.3) is 0 Å². The molecular formula is C25H31N3O2. The van der Waals surface area contributed by atoms with E-state index in [-0.39, 0.29) is 24.5 Å². The average Bonchev–Trinajstić information content (AvgIpc) is 3.22. The molecule has 1 N–H and O–H groups in total. The summed E-state index contributed by atoms with van der Waals surface area (Å²) in [6.45, 7) is 6.19. The average molecular weight is 406 g/mol. The predicted octanol–water partition coefficient (Wildman–Crippen LogP) is 3.84. The summed E-state index contributed by atoms with van der Waals surface area (Å²) in [5.41, 5.74) is 6.45. The number of Topliss-reactive ketones (excluding diaryl/α,β-unsaturated/α-hetero) is 1. The van der Waals surface area contributed by atoms with Crippen LogP contribution in [-0.4, -0.2) is 49.8 Å².